The molecule has 3 aromatic heterocycles. The van der Waals surface area contributed by atoms with Gasteiger partial charge < -0.3 is 19.1 Å². The van der Waals surface area contributed by atoms with Gasteiger partial charge in [0.05, 0.1) is 5.52 Å². The maximum absolute atomic E-state index is 13.8. The summed E-state index contributed by atoms with van der Waals surface area (Å²) in [7, 11) is 1.72. The van der Waals surface area contributed by atoms with E-state index in [0.29, 0.717) is 35.8 Å². The average molecular weight is 636 g/mol. The highest BCUT2D eigenvalue weighted by Gasteiger charge is 2.26. The molecule has 6 rings (SSSR count). The number of fused-ring (bicyclic) bond motifs is 1. The molecule has 244 valence electrons. The molecular formula is C37H41N5O5. The zero-order chi connectivity index (χ0) is 33.0. The number of piperidine rings is 1. The average Bonchev–Trinajstić information content (AvgIpc) is 3.31. The van der Waals surface area contributed by atoms with Crippen LogP contribution in [-0.4, -0.2) is 43.8 Å². The van der Waals surface area contributed by atoms with Gasteiger partial charge in [0.25, 0.3) is 0 Å². The van der Waals surface area contributed by atoms with Crippen LogP contribution in [0.3, 0.4) is 0 Å². The van der Waals surface area contributed by atoms with Crippen LogP contribution < -0.4 is 20.1 Å². The molecule has 0 atom stereocenters. The van der Waals surface area contributed by atoms with Crippen LogP contribution in [0.15, 0.2) is 89.7 Å². The van der Waals surface area contributed by atoms with E-state index in [0.717, 1.165) is 42.9 Å². The van der Waals surface area contributed by atoms with Crippen LogP contribution in [0, 0.1) is 5.92 Å². The molecule has 10 nitrogen and oxygen atoms in total. The summed E-state index contributed by atoms with van der Waals surface area (Å²) in [5.41, 5.74) is 2.96. The number of nitrogens with zero attached hydrogens (tertiary/aromatic N) is 5. The van der Waals surface area contributed by atoms with Crippen molar-refractivity contribution < 1.29 is 19.0 Å². The number of esters is 1. The molecule has 1 aliphatic heterocycles. The molecule has 4 heterocycles. The SMILES string of the molecule is Cn1c(=O)n(-c2ccc(OCc3ccccc3)nc2OCc2ccccc2)c2ccc(N3CCC(CC(=O)OC(C)(C)C)CC3)nc21. The van der Waals surface area contributed by atoms with Gasteiger partial charge in [0, 0.05) is 32.6 Å². The fraction of sp³-hybridized carbons (Fsp3) is 0.351. The van der Waals surface area contributed by atoms with Crippen LogP contribution in [0.4, 0.5) is 5.82 Å². The number of pyridine rings is 2. The van der Waals surface area contributed by atoms with E-state index in [2.05, 4.69) is 4.90 Å². The summed E-state index contributed by atoms with van der Waals surface area (Å²) in [5.74, 6) is 1.60. The Morgan fingerprint density at radius 2 is 1.47 bits per heavy atom. The molecule has 47 heavy (non-hydrogen) atoms. The van der Waals surface area contributed by atoms with Crippen molar-refractivity contribution in [2.45, 2.75) is 58.8 Å². The molecule has 0 spiro atoms. The third-order valence-corrected chi connectivity index (χ3v) is 8.19. The monoisotopic (exact) mass is 635 g/mol. The fourth-order valence-corrected chi connectivity index (χ4v) is 5.82. The molecule has 0 aliphatic carbocycles. The summed E-state index contributed by atoms with van der Waals surface area (Å²) in [6.07, 6.45) is 2.16. The number of aromatic nitrogens is 4. The van der Waals surface area contributed by atoms with Gasteiger partial charge in [-0.1, -0.05) is 60.7 Å². The van der Waals surface area contributed by atoms with E-state index in [9.17, 15) is 9.59 Å². The highest BCUT2D eigenvalue weighted by Crippen LogP contribution is 2.30. The van der Waals surface area contributed by atoms with E-state index in [1.807, 2.05) is 93.6 Å². The lowest BCUT2D eigenvalue weighted by atomic mass is 9.93. The largest absolute Gasteiger partial charge is 0.473 e. The van der Waals surface area contributed by atoms with Gasteiger partial charge in [0.2, 0.25) is 11.8 Å². The van der Waals surface area contributed by atoms with E-state index in [-0.39, 0.29) is 30.1 Å². The number of ether oxygens (including phenoxy) is 3. The second kappa shape index (κ2) is 13.7. The van der Waals surface area contributed by atoms with Crippen LogP contribution in [-0.2, 0) is 29.8 Å². The van der Waals surface area contributed by atoms with Gasteiger partial charge in [-0.3, -0.25) is 13.9 Å². The van der Waals surface area contributed by atoms with Gasteiger partial charge in [0.1, 0.15) is 30.3 Å². The first-order chi connectivity index (χ1) is 22.6. The lowest BCUT2D eigenvalue weighted by Gasteiger charge is -2.33. The Morgan fingerprint density at radius 3 is 2.11 bits per heavy atom. The Labute approximate surface area is 274 Å². The van der Waals surface area contributed by atoms with Crippen molar-refractivity contribution in [1.82, 2.24) is 19.1 Å². The standard InChI is InChI=1S/C37H41N5O5/c1-37(2,3)47-33(43)23-26-19-21-41(22-20-26)31-17-15-29-34(38-31)40(4)36(44)42(29)30-16-18-32(45-24-27-11-7-5-8-12-27)39-35(30)46-25-28-13-9-6-10-14-28/h5-18,26H,19-25H2,1-4H3. The Morgan fingerprint density at radius 1 is 0.830 bits per heavy atom. The predicted octanol–water partition coefficient (Wildman–Crippen LogP) is 6.23. The smallest absolute Gasteiger partial charge is 0.334 e. The maximum Gasteiger partial charge on any atom is 0.334 e. The first-order valence-electron chi connectivity index (χ1n) is 16.0. The van der Waals surface area contributed by atoms with Crippen molar-refractivity contribution >= 4 is 23.0 Å². The summed E-state index contributed by atoms with van der Waals surface area (Å²) < 4.78 is 20.9. The Balaban J connectivity index is 1.25. The minimum absolute atomic E-state index is 0.149. The summed E-state index contributed by atoms with van der Waals surface area (Å²) in [5, 5.41) is 0. The number of carbonyl (C=O) groups excluding carboxylic acids is 1. The molecule has 0 amide bonds. The molecule has 1 aliphatic rings. The zero-order valence-corrected chi connectivity index (χ0v) is 27.4. The Hall–Kier alpha value is -5.12. The van der Waals surface area contributed by atoms with Crippen molar-refractivity contribution in [3.8, 4) is 17.4 Å². The normalized spacial score (nSPS) is 13.9. The third kappa shape index (κ3) is 7.65. The highest BCUT2D eigenvalue weighted by molar-refractivity contribution is 5.77. The molecule has 0 bridgehead atoms. The molecule has 0 saturated carbocycles. The summed E-state index contributed by atoms with van der Waals surface area (Å²) in [6, 6.07) is 27.1. The molecule has 0 radical (unpaired) electrons. The minimum atomic E-state index is -0.480. The third-order valence-electron chi connectivity index (χ3n) is 8.19. The zero-order valence-electron chi connectivity index (χ0n) is 27.4. The quantitative estimate of drug-likeness (QED) is 0.167. The lowest BCUT2D eigenvalue weighted by molar-refractivity contribution is -0.156. The van der Waals surface area contributed by atoms with E-state index in [4.69, 9.17) is 24.2 Å². The molecule has 1 fully saturated rings. The fourth-order valence-electron chi connectivity index (χ4n) is 5.82. The van der Waals surface area contributed by atoms with Crippen molar-refractivity contribution in [3.05, 3.63) is 107 Å². The number of carbonyl (C=O) groups is 1. The number of benzene rings is 2. The Bertz CT molecular complexity index is 1890. The molecule has 10 heteroatoms. The lowest BCUT2D eigenvalue weighted by Crippen LogP contribution is -2.35. The number of rotatable bonds is 10. The van der Waals surface area contributed by atoms with E-state index >= 15 is 0 Å². The van der Waals surface area contributed by atoms with E-state index in [1.54, 1.807) is 28.3 Å². The van der Waals surface area contributed by atoms with E-state index < -0.39 is 5.60 Å². The number of aryl methyl sites for hydroxylation is 1. The number of imidazole rings is 1. The number of hydrogen-bond acceptors (Lipinski definition) is 8. The first kappa shape index (κ1) is 31.8. The number of hydrogen-bond donors (Lipinski definition) is 0. The second-order valence-electron chi connectivity index (χ2n) is 12.9. The minimum Gasteiger partial charge on any atom is -0.473 e. The molecule has 0 N–H and O–H groups in total. The van der Waals surface area contributed by atoms with Gasteiger partial charge in [-0.2, -0.15) is 4.98 Å². The van der Waals surface area contributed by atoms with Crippen LogP contribution >= 0.6 is 0 Å². The number of anilines is 1. The van der Waals surface area contributed by atoms with Gasteiger partial charge in [-0.05, 0) is 68.9 Å². The van der Waals surface area contributed by atoms with E-state index in [1.165, 1.54) is 0 Å². The molecule has 1 saturated heterocycles. The predicted molar refractivity (Wildman–Crippen MR) is 181 cm³/mol. The van der Waals surface area contributed by atoms with Gasteiger partial charge in [-0.15, -0.1) is 0 Å². The van der Waals surface area contributed by atoms with Crippen LogP contribution in [0.5, 0.6) is 11.8 Å². The Kier molecular flexibility index (Phi) is 9.29. The van der Waals surface area contributed by atoms with Gasteiger partial charge in [0.15, 0.2) is 5.65 Å². The van der Waals surface area contributed by atoms with Crippen LogP contribution in [0.1, 0.15) is 51.2 Å². The molecule has 0 unspecified atom stereocenters. The summed E-state index contributed by atoms with van der Waals surface area (Å²) in [4.78, 5) is 38.0. The maximum atomic E-state index is 13.8. The van der Waals surface area contributed by atoms with Crippen molar-refractivity contribution in [3.63, 3.8) is 0 Å². The van der Waals surface area contributed by atoms with Gasteiger partial charge in [-0.25, -0.2) is 9.78 Å². The van der Waals surface area contributed by atoms with Crippen molar-refractivity contribution in [2.24, 2.45) is 13.0 Å². The molecule has 2 aromatic carbocycles. The molecule has 5 aromatic rings. The summed E-state index contributed by atoms with van der Waals surface area (Å²) in [6.45, 7) is 7.84. The topological polar surface area (TPSA) is 101 Å². The van der Waals surface area contributed by atoms with Crippen molar-refractivity contribution in [1.29, 1.82) is 0 Å². The van der Waals surface area contributed by atoms with Crippen LogP contribution in [0.25, 0.3) is 16.9 Å². The highest BCUT2D eigenvalue weighted by atomic mass is 16.6. The van der Waals surface area contributed by atoms with Crippen LogP contribution in [0.2, 0.25) is 0 Å². The summed E-state index contributed by atoms with van der Waals surface area (Å²) >= 11 is 0. The van der Waals surface area contributed by atoms with Gasteiger partial charge >= 0.3 is 11.7 Å². The van der Waals surface area contributed by atoms with Crippen molar-refractivity contribution in [2.75, 3.05) is 18.0 Å². The first-order valence-corrected chi connectivity index (χ1v) is 16.0. The molecular weight excluding hydrogens is 594 g/mol. The second-order valence-corrected chi connectivity index (χ2v) is 12.9.